The largest absolute Gasteiger partial charge is 0.480 e. The first-order valence-electron chi connectivity index (χ1n) is 6.60. The molecule has 0 radical (unpaired) electrons. The number of carboxylic acid groups (broad SMARTS) is 1. The lowest BCUT2D eigenvalue weighted by atomic mass is 10.1. The maximum atomic E-state index is 12.2. The number of carbonyl (C=O) groups excluding carboxylic acids is 1. The SMILES string of the molecule is O=C(N[C@H](Cc1cc(Cl)ccc1Br)C(=O)O)c1ccc(Cl)cc1. The highest BCUT2D eigenvalue weighted by atomic mass is 79.9. The summed E-state index contributed by atoms with van der Waals surface area (Å²) < 4.78 is 0.730. The second kappa shape index (κ2) is 7.81. The molecule has 23 heavy (non-hydrogen) atoms. The van der Waals surface area contributed by atoms with E-state index in [1.807, 2.05) is 0 Å². The summed E-state index contributed by atoms with van der Waals surface area (Å²) in [4.78, 5) is 23.6. The van der Waals surface area contributed by atoms with Crippen LogP contribution in [0.25, 0.3) is 0 Å². The molecule has 2 aromatic carbocycles. The predicted octanol–water partition coefficient (Wildman–Crippen LogP) is 4.18. The van der Waals surface area contributed by atoms with Gasteiger partial charge in [-0.3, -0.25) is 4.79 Å². The Balaban J connectivity index is 2.15. The van der Waals surface area contributed by atoms with E-state index in [9.17, 15) is 14.7 Å². The second-order valence-electron chi connectivity index (χ2n) is 4.81. The second-order valence-corrected chi connectivity index (χ2v) is 6.54. The molecule has 2 rings (SSSR count). The molecule has 2 aromatic rings. The van der Waals surface area contributed by atoms with Gasteiger partial charge in [0.05, 0.1) is 0 Å². The monoisotopic (exact) mass is 415 g/mol. The molecule has 0 aromatic heterocycles. The fourth-order valence-corrected chi connectivity index (χ4v) is 2.69. The summed E-state index contributed by atoms with van der Waals surface area (Å²) in [5.41, 5.74) is 1.03. The summed E-state index contributed by atoms with van der Waals surface area (Å²) in [7, 11) is 0. The van der Waals surface area contributed by atoms with Crippen molar-refractivity contribution in [1.29, 1.82) is 0 Å². The molecule has 0 aliphatic heterocycles. The van der Waals surface area contributed by atoms with Crippen molar-refractivity contribution in [2.45, 2.75) is 12.5 Å². The topological polar surface area (TPSA) is 66.4 Å². The highest BCUT2D eigenvalue weighted by Crippen LogP contribution is 2.22. The van der Waals surface area contributed by atoms with E-state index in [1.165, 1.54) is 12.1 Å². The molecule has 2 N–H and O–H groups in total. The molecular weight excluding hydrogens is 405 g/mol. The first-order valence-corrected chi connectivity index (χ1v) is 8.15. The summed E-state index contributed by atoms with van der Waals surface area (Å²) in [6.45, 7) is 0. The zero-order chi connectivity index (χ0) is 17.0. The van der Waals surface area contributed by atoms with Crippen LogP contribution in [0.4, 0.5) is 0 Å². The van der Waals surface area contributed by atoms with Crippen molar-refractivity contribution >= 4 is 51.0 Å². The van der Waals surface area contributed by atoms with Crippen molar-refractivity contribution in [3.05, 3.63) is 68.1 Å². The molecule has 4 nitrogen and oxygen atoms in total. The van der Waals surface area contributed by atoms with Gasteiger partial charge in [0, 0.05) is 26.5 Å². The Labute approximate surface area is 151 Å². The molecule has 1 amide bonds. The van der Waals surface area contributed by atoms with Crippen molar-refractivity contribution in [1.82, 2.24) is 5.32 Å². The number of nitrogens with one attached hydrogen (secondary N) is 1. The third-order valence-corrected chi connectivity index (χ3v) is 4.40. The number of carboxylic acids is 1. The lowest BCUT2D eigenvalue weighted by Crippen LogP contribution is -2.42. The molecule has 0 bridgehead atoms. The van der Waals surface area contributed by atoms with Gasteiger partial charge < -0.3 is 10.4 Å². The molecule has 120 valence electrons. The van der Waals surface area contributed by atoms with Crippen LogP contribution in [0.3, 0.4) is 0 Å². The maximum absolute atomic E-state index is 12.2. The number of halogens is 3. The van der Waals surface area contributed by atoms with Gasteiger partial charge in [-0.05, 0) is 48.0 Å². The van der Waals surface area contributed by atoms with E-state index in [-0.39, 0.29) is 6.42 Å². The average molecular weight is 417 g/mol. The molecule has 0 saturated carbocycles. The summed E-state index contributed by atoms with van der Waals surface area (Å²) in [5, 5.41) is 12.8. The molecule has 0 aliphatic carbocycles. The van der Waals surface area contributed by atoms with E-state index in [0.29, 0.717) is 21.2 Å². The molecule has 0 saturated heterocycles. The van der Waals surface area contributed by atoms with Gasteiger partial charge in [-0.15, -0.1) is 0 Å². The van der Waals surface area contributed by atoms with Crippen LogP contribution in [0.5, 0.6) is 0 Å². The normalized spacial score (nSPS) is 11.8. The quantitative estimate of drug-likeness (QED) is 0.768. The van der Waals surface area contributed by atoms with Crippen LogP contribution < -0.4 is 5.32 Å². The minimum absolute atomic E-state index is 0.107. The van der Waals surface area contributed by atoms with Crippen molar-refractivity contribution in [3.8, 4) is 0 Å². The summed E-state index contributed by atoms with van der Waals surface area (Å²) in [5.74, 6) is -1.61. The Hall–Kier alpha value is -1.56. The maximum Gasteiger partial charge on any atom is 0.326 e. The van der Waals surface area contributed by atoms with Crippen LogP contribution in [0, 0.1) is 0 Å². The van der Waals surface area contributed by atoms with E-state index in [0.717, 1.165) is 4.47 Å². The van der Waals surface area contributed by atoms with Crippen LogP contribution in [0.2, 0.25) is 10.0 Å². The molecule has 0 aliphatic rings. The molecule has 7 heteroatoms. The Morgan fingerprint density at radius 2 is 1.70 bits per heavy atom. The fourth-order valence-electron chi connectivity index (χ4n) is 1.96. The van der Waals surface area contributed by atoms with Gasteiger partial charge in [0.25, 0.3) is 5.91 Å². The number of carbonyl (C=O) groups is 2. The summed E-state index contributed by atoms with van der Waals surface area (Å²) >= 11 is 15.0. The van der Waals surface area contributed by atoms with Gasteiger partial charge in [0.15, 0.2) is 0 Å². The number of hydrogen-bond acceptors (Lipinski definition) is 2. The molecule has 0 fully saturated rings. The predicted molar refractivity (Wildman–Crippen MR) is 93.2 cm³/mol. The van der Waals surface area contributed by atoms with Gasteiger partial charge in [-0.25, -0.2) is 4.79 Å². The number of benzene rings is 2. The van der Waals surface area contributed by atoms with Gasteiger partial charge in [0.2, 0.25) is 0 Å². The van der Waals surface area contributed by atoms with Crippen LogP contribution in [-0.2, 0) is 11.2 Å². The van der Waals surface area contributed by atoms with Crippen molar-refractivity contribution in [3.63, 3.8) is 0 Å². The Morgan fingerprint density at radius 1 is 1.09 bits per heavy atom. The third-order valence-electron chi connectivity index (χ3n) is 3.14. The van der Waals surface area contributed by atoms with E-state index in [1.54, 1.807) is 30.3 Å². The highest BCUT2D eigenvalue weighted by molar-refractivity contribution is 9.10. The molecule has 0 heterocycles. The summed E-state index contributed by atoms with van der Waals surface area (Å²) in [6, 6.07) is 10.2. The van der Waals surface area contributed by atoms with Crippen LogP contribution >= 0.6 is 39.1 Å². The van der Waals surface area contributed by atoms with Gasteiger partial charge in [0.1, 0.15) is 6.04 Å². The number of amides is 1. The van der Waals surface area contributed by atoms with E-state index in [4.69, 9.17) is 23.2 Å². The van der Waals surface area contributed by atoms with Crippen molar-refractivity contribution in [2.75, 3.05) is 0 Å². The average Bonchev–Trinajstić information content (AvgIpc) is 2.50. The number of hydrogen-bond donors (Lipinski definition) is 2. The first kappa shape index (κ1) is 17.8. The van der Waals surface area contributed by atoms with Crippen molar-refractivity contribution in [2.24, 2.45) is 0 Å². The first-order chi connectivity index (χ1) is 10.9. The smallest absolute Gasteiger partial charge is 0.326 e. The Morgan fingerprint density at radius 3 is 2.30 bits per heavy atom. The zero-order valence-corrected chi connectivity index (χ0v) is 14.8. The van der Waals surface area contributed by atoms with Gasteiger partial charge in [-0.1, -0.05) is 39.1 Å². The fraction of sp³-hybridized carbons (Fsp3) is 0.125. The van der Waals surface area contributed by atoms with E-state index < -0.39 is 17.9 Å². The lowest BCUT2D eigenvalue weighted by molar-refractivity contribution is -0.139. The van der Waals surface area contributed by atoms with Crippen LogP contribution in [-0.4, -0.2) is 23.0 Å². The third kappa shape index (κ3) is 4.96. The molecular formula is C16H12BrCl2NO3. The molecule has 0 spiro atoms. The van der Waals surface area contributed by atoms with E-state index >= 15 is 0 Å². The number of aliphatic carboxylic acids is 1. The molecule has 0 unspecified atom stereocenters. The van der Waals surface area contributed by atoms with Crippen molar-refractivity contribution < 1.29 is 14.7 Å². The summed E-state index contributed by atoms with van der Waals surface area (Å²) in [6.07, 6.45) is 0.107. The van der Waals surface area contributed by atoms with E-state index in [2.05, 4.69) is 21.2 Å². The zero-order valence-electron chi connectivity index (χ0n) is 11.7. The van der Waals surface area contributed by atoms with Gasteiger partial charge in [-0.2, -0.15) is 0 Å². The number of rotatable bonds is 5. The Kier molecular flexibility index (Phi) is 6.04. The highest BCUT2D eigenvalue weighted by Gasteiger charge is 2.22. The van der Waals surface area contributed by atoms with Crippen LogP contribution in [0.1, 0.15) is 15.9 Å². The minimum atomic E-state index is -1.13. The standard InChI is InChI=1S/C16H12BrCl2NO3/c17-13-6-5-12(19)7-10(13)8-14(16(22)23)20-15(21)9-1-3-11(18)4-2-9/h1-7,14H,8H2,(H,20,21)(H,22,23)/t14-/m1/s1. The Bertz CT molecular complexity index is 735. The van der Waals surface area contributed by atoms with Crippen LogP contribution in [0.15, 0.2) is 46.9 Å². The molecule has 1 atom stereocenters. The minimum Gasteiger partial charge on any atom is -0.480 e. The van der Waals surface area contributed by atoms with Gasteiger partial charge >= 0.3 is 5.97 Å². The lowest BCUT2D eigenvalue weighted by Gasteiger charge is -2.16.